The van der Waals surface area contributed by atoms with Crippen molar-refractivity contribution in [1.29, 1.82) is 0 Å². The normalized spacial score (nSPS) is 54.9. The van der Waals surface area contributed by atoms with Crippen molar-refractivity contribution in [2.24, 2.45) is 34.5 Å². The lowest BCUT2D eigenvalue weighted by molar-refractivity contribution is -0.108. The Labute approximate surface area is 126 Å². The first-order valence-corrected chi connectivity index (χ1v) is 9.70. The van der Waals surface area contributed by atoms with E-state index in [1.165, 1.54) is 19.3 Å². The number of fused-ring (bicyclic) bond motifs is 5. The Kier molecular flexibility index (Phi) is 3.24. The monoisotopic (exact) mass is 274 g/mol. The van der Waals surface area contributed by atoms with Crippen molar-refractivity contribution in [3.05, 3.63) is 0 Å². The molecule has 0 aliphatic heterocycles. The van der Waals surface area contributed by atoms with Crippen LogP contribution in [-0.4, -0.2) is 0 Å². The van der Waals surface area contributed by atoms with Gasteiger partial charge in [0.15, 0.2) is 0 Å². The van der Waals surface area contributed by atoms with E-state index >= 15 is 0 Å². The van der Waals surface area contributed by atoms with Crippen molar-refractivity contribution < 1.29 is 0 Å². The van der Waals surface area contributed by atoms with Crippen molar-refractivity contribution in [2.45, 2.75) is 90.9 Å². The molecule has 0 aromatic carbocycles. The van der Waals surface area contributed by atoms with Crippen LogP contribution in [0.25, 0.3) is 0 Å². The van der Waals surface area contributed by atoms with Crippen LogP contribution in [0, 0.1) is 34.5 Å². The predicted octanol–water partition coefficient (Wildman–Crippen LogP) is 6.20. The summed E-state index contributed by atoms with van der Waals surface area (Å²) in [4.78, 5) is 0. The minimum atomic E-state index is 0.740. The van der Waals surface area contributed by atoms with E-state index in [9.17, 15) is 0 Å². The summed E-state index contributed by atoms with van der Waals surface area (Å²) in [6.07, 6.45) is 18.7. The van der Waals surface area contributed by atoms with Crippen LogP contribution < -0.4 is 0 Å². The lowest BCUT2D eigenvalue weighted by atomic mass is 9.45. The first-order chi connectivity index (χ1) is 9.70. The van der Waals surface area contributed by atoms with Crippen molar-refractivity contribution in [1.82, 2.24) is 0 Å². The van der Waals surface area contributed by atoms with Crippen molar-refractivity contribution in [3.63, 3.8) is 0 Å². The van der Waals surface area contributed by atoms with E-state index in [0.29, 0.717) is 0 Å². The van der Waals surface area contributed by atoms with E-state index < -0.39 is 0 Å². The van der Waals surface area contributed by atoms with Crippen LogP contribution >= 0.6 is 0 Å². The van der Waals surface area contributed by atoms with E-state index in [0.717, 1.165) is 34.5 Å². The summed E-state index contributed by atoms with van der Waals surface area (Å²) in [5.41, 5.74) is 1.53. The molecule has 4 saturated carbocycles. The van der Waals surface area contributed by atoms with Crippen LogP contribution in [0.2, 0.25) is 0 Å². The zero-order chi connectivity index (χ0) is 13.8. The Balaban J connectivity index is 1.64. The summed E-state index contributed by atoms with van der Waals surface area (Å²) in [6.45, 7) is 5.20. The minimum Gasteiger partial charge on any atom is -0.0648 e. The fourth-order valence-electron chi connectivity index (χ4n) is 7.70. The molecule has 6 unspecified atom stereocenters. The summed E-state index contributed by atoms with van der Waals surface area (Å²) in [5.74, 6) is 4.42. The van der Waals surface area contributed by atoms with Crippen LogP contribution in [0.5, 0.6) is 0 Å². The lowest BCUT2D eigenvalue weighted by Gasteiger charge is -2.60. The van der Waals surface area contributed by atoms with E-state index in [4.69, 9.17) is 0 Å². The minimum absolute atomic E-state index is 0.740. The van der Waals surface area contributed by atoms with Crippen molar-refractivity contribution in [2.75, 3.05) is 0 Å². The molecule has 0 nitrogen and oxygen atoms in total. The topological polar surface area (TPSA) is 0 Å². The average Bonchev–Trinajstić information content (AvgIpc) is 2.91. The van der Waals surface area contributed by atoms with Gasteiger partial charge >= 0.3 is 0 Å². The first kappa shape index (κ1) is 13.6. The van der Waals surface area contributed by atoms with Gasteiger partial charge in [0.05, 0.1) is 0 Å². The summed E-state index contributed by atoms with van der Waals surface area (Å²) >= 11 is 0. The smallest absolute Gasteiger partial charge is 0.0266 e. The molecule has 0 N–H and O–H groups in total. The molecule has 0 heterocycles. The third-order valence-corrected chi connectivity index (χ3v) is 8.81. The molecule has 20 heavy (non-hydrogen) atoms. The van der Waals surface area contributed by atoms with Crippen LogP contribution in [-0.2, 0) is 0 Å². The van der Waals surface area contributed by atoms with Gasteiger partial charge in [-0.2, -0.15) is 0 Å². The highest BCUT2D eigenvalue weighted by Gasteiger charge is 2.57. The van der Waals surface area contributed by atoms with E-state index in [1.54, 1.807) is 57.8 Å². The van der Waals surface area contributed by atoms with Gasteiger partial charge in [-0.3, -0.25) is 0 Å². The fourth-order valence-corrected chi connectivity index (χ4v) is 7.70. The molecule has 0 saturated heterocycles. The van der Waals surface area contributed by atoms with Gasteiger partial charge in [0.1, 0.15) is 0 Å². The van der Waals surface area contributed by atoms with Gasteiger partial charge in [0.2, 0.25) is 0 Å². The molecule has 0 heteroatoms. The molecule has 114 valence electrons. The van der Waals surface area contributed by atoms with Crippen LogP contribution in [0.3, 0.4) is 0 Å². The second kappa shape index (κ2) is 4.75. The molecule has 4 fully saturated rings. The number of rotatable bonds is 1. The lowest BCUT2D eigenvalue weighted by Crippen LogP contribution is -2.52. The maximum absolute atomic E-state index is 2.71. The molecule has 0 radical (unpaired) electrons. The Morgan fingerprint density at radius 2 is 1.70 bits per heavy atom. The Bertz CT molecular complexity index is 372. The molecule has 4 aliphatic carbocycles. The predicted molar refractivity (Wildman–Crippen MR) is 85.6 cm³/mol. The van der Waals surface area contributed by atoms with Crippen LogP contribution in [0.1, 0.15) is 90.9 Å². The van der Waals surface area contributed by atoms with Gasteiger partial charge in [-0.1, -0.05) is 39.5 Å². The summed E-state index contributed by atoms with van der Waals surface area (Å²) < 4.78 is 0. The Morgan fingerprint density at radius 3 is 2.55 bits per heavy atom. The zero-order valence-electron chi connectivity index (χ0n) is 13.8. The SMILES string of the molecule is CCC12CCCC1C1CCC3CCCCC3(C)C1CC2. The molecule has 0 amide bonds. The highest BCUT2D eigenvalue weighted by Crippen LogP contribution is 2.66. The quantitative estimate of drug-likeness (QED) is 0.534. The Hall–Kier alpha value is 0. The highest BCUT2D eigenvalue weighted by atomic mass is 14.6. The third kappa shape index (κ3) is 1.72. The van der Waals surface area contributed by atoms with Gasteiger partial charge in [-0.25, -0.2) is 0 Å². The summed E-state index contributed by atoms with van der Waals surface area (Å²) in [6, 6.07) is 0. The highest BCUT2D eigenvalue weighted by molar-refractivity contribution is 5.07. The second-order valence-electron chi connectivity index (χ2n) is 9.05. The zero-order valence-corrected chi connectivity index (χ0v) is 13.8. The average molecular weight is 274 g/mol. The van der Waals surface area contributed by atoms with Crippen LogP contribution in [0.15, 0.2) is 0 Å². The van der Waals surface area contributed by atoms with Gasteiger partial charge in [0.25, 0.3) is 0 Å². The van der Waals surface area contributed by atoms with Gasteiger partial charge in [-0.05, 0) is 85.9 Å². The summed E-state index contributed by atoms with van der Waals surface area (Å²) in [7, 11) is 0. The van der Waals surface area contributed by atoms with Crippen molar-refractivity contribution in [3.8, 4) is 0 Å². The standard InChI is InChI=1S/C20H34/c1-3-20-13-6-8-18(20)16-10-9-15-7-4-5-12-19(15,2)17(16)11-14-20/h15-18H,3-14H2,1-2H3. The van der Waals surface area contributed by atoms with E-state index in [1.807, 2.05) is 0 Å². The maximum Gasteiger partial charge on any atom is -0.0266 e. The van der Waals surface area contributed by atoms with Gasteiger partial charge < -0.3 is 0 Å². The van der Waals surface area contributed by atoms with E-state index in [-0.39, 0.29) is 0 Å². The molecular formula is C20H34. The first-order valence-electron chi connectivity index (χ1n) is 9.70. The molecule has 0 aromatic rings. The van der Waals surface area contributed by atoms with Crippen LogP contribution in [0.4, 0.5) is 0 Å². The molecule has 0 spiro atoms. The van der Waals surface area contributed by atoms with Crippen molar-refractivity contribution >= 4 is 0 Å². The second-order valence-corrected chi connectivity index (χ2v) is 9.05. The molecule has 0 bridgehead atoms. The largest absolute Gasteiger partial charge is 0.0648 e. The number of hydrogen-bond donors (Lipinski definition) is 0. The maximum atomic E-state index is 2.71. The third-order valence-electron chi connectivity index (χ3n) is 8.81. The van der Waals surface area contributed by atoms with Gasteiger partial charge in [0, 0.05) is 0 Å². The molecule has 6 atom stereocenters. The molecule has 4 rings (SSSR count). The van der Waals surface area contributed by atoms with E-state index in [2.05, 4.69) is 13.8 Å². The summed E-state index contributed by atoms with van der Waals surface area (Å²) in [5, 5.41) is 0. The molecule has 0 aromatic heterocycles. The molecular weight excluding hydrogens is 240 g/mol. The molecule has 4 aliphatic rings. The van der Waals surface area contributed by atoms with Gasteiger partial charge in [-0.15, -0.1) is 0 Å². The Morgan fingerprint density at radius 1 is 0.800 bits per heavy atom. The number of hydrogen-bond acceptors (Lipinski definition) is 0. The fraction of sp³-hybridized carbons (Fsp3) is 1.00.